The van der Waals surface area contributed by atoms with Crippen LogP contribution in [0.15, 0.2) is 0 Å². The zero-order valence-corrected chi connectivity index (χ0v) is 4.65. The van der Waals surface area contributed by atoms with Crippen LogP contribution in [-0.2, 0) is 4.74 Å². The van der Waals surface area contributed by atoms with Gasteiger partial charge in [0, 0.05) is 13.2 Å². The molecule has 0 aliphatic carbocycles. The first kappa shape index (κ1) is 9.60. The third-order valence-corrected chi connectivity index (χ3v) is 1.33. The number of hydrogen-bond donors (Lipinski definition) is 0. The molecule has 0 unspecified atom stereocenters. The fourth-order valence-electron chi connectivity index (χ4n) is 0.864. The maximum atomic E-state index is 5.19. The zero-order valence-electron chi connectivity index (χ0n) is 4.65. The van der Waals surface area contributed by atoms with E-state index >= 15 is 0 Å². The molecule has 1 heterocycles. The van der Waals surface area contributed by atoms with Crippen LogP contribution in [0, 0.1) is 0 Å². The molecule has 0 aromatic carbocycles. The van der Waals surface area contributed by atoms with Crippen LogP contribution in [0.2, 0.25) is 0 Å². The SMILES string of the molecule is C1CCCOCC1.[KH]. The standard InChI is InChI=1S/C6H12O.K.H/c1-2-4-6-7-5-3-1;;/h1-6H2;;. The van der Waals surface area contributed by atoms with Crippen LogP contribution < -0.4 is 0 Å². The fourth-order valence-corrected chi connectivity index (χ4v) is 0.864. The summed E-state index contributed by atoms with van der Waals surface area (Å²) in [5.41, 5.74) is 0. The van der Waals surface area contributed by atoms with E-state index < -0.39 is 0 Å². The van der Waals surface area contributed by atoms with Crippen molar-refractivity contribution in [2.45, 2.75) is 25.7 Å². The summed E-state index contributed by atoms with van der Waals surface area (Å²) in [5.74, 6) is 0. The van der Waals surface area contributed by atoms with Gasteiger partial charge in [0.25, 0.3) is 0 Å². The normalized spacial score (nSPS) is 21.0. The Labute approximate surface area is 93.6 Å². The summed E-state index contributed by atoms with van der Waals surface area (Å²) in [6, 6.07) is 0. The number of ether oxygens (including phenoxy) is 1. The molecule has 1 saturated heterocycles. The number of hydrogen-bond acceptors (Lipinski definition) is 1. The monoisotopic (exact) mass is 140 g/mol. The Hall–Kier alpha value is 1.60. The average Bonchev–Trinajstić information content (AvgIpc) is 1.90. The van der Waals surface area contributed by atoms with Gasteiger partial charge in [-0.2, -0.15) is 0 Å². The molecule has 0 aromatic heterocycles. The third kappa shape index (κ3) is 4.47. The molecule has 44 valence electrons. The molecule has 8 heavy (non-hydrogen) atoms. The van der Waals surface area contributed by atoms with E-state index in [1.54, 1.807) is 0 Å². The van der Waals surface area contributed by atoms with Crippen molar-refractivity contribution >= 4 is 51.4 Å². The molecule has 2 heteroatoms. The first-order valence-corrected chi connectivity index (χ1v) is 3.08. The molecule has 1 aliphatic rings. The summed E-state index contributed by atoms with van der Waals surface area (Å²) >= 11 is 0. The molecule has 0 N–H and O–H groups in total. The van der Waals surface area contributed by atoms with Crippen LogP contribution in [0.3, 0.4) is 0 Å². The van der Waals surface area contributed by atoms with Crippen LogP contribution >= 0.6 is 0 Å². The fraction of sp³-hybridized carbons (Fsp3) is 1.00. The van der Waals surface area contributed by atoms with Crippen molar-refractivity contribution in [2.24, 2.45) is 0 Å². The quantitative estimate of drug-likeness (QED) is 0.455. The molecule has 1 aliphatic heterocycles. The Bertz CT molecular complexity index is 28.1. The molecule has 1 rings (SSSR count). The van der Waals surface area contributed by atoms with Crippen molar-refractivity contribution in [1.29, 1.82) is 0 Å². The van der Waals surface area contributed by atoms with Crippen LogP contribution in [0.25, 0.3) is 0 Å². The van der Waals surface area contributed by atoms with E-state index in [0.29, 0.717) is 0 Å². The van der Waals surface area contributed by atoms with Gasteiger partial charge in [-0.1, -0.05) is 12.8 Å². The predicted molar refractivity (Wildman–Crippen MR) is 36.4 cm³/mol. The summed E-state index contributed by atoms with van der Waals surface area (Å²) in [6.07, 6.45) is 5.31. The van der Waals surface area contributed by atoms with E-state index in [4.69, 9.17) is 4.74 Å². The van der Waals surface area contributed by atoms with Gasteiger partial charge < -0.3 is 4.74 Å². The van der Waals surface area contributed by atoms with Gasteiger partial charge in [-0.25, -0.2) is 0 Å². The molecule has 1 nitrogen and oxygen atoms in total. The van der Waals surface area contributed by atoms with Gasteiger partial charge in [0.1, 0.15) is 0 Å². The van der Waals surface area contributed by atoms with Gasteiger partial charge in [0.15, 0.2) is 0 Å². The Morgan fingerprint density at radius 1 is 0.750 bits per heavy atom. The van der Waals surface area contributed by atoms with Crippen molar-refractivity contribution < 1.29 is 4.74 Å². The minimum atomic E-state index is 0. The van der Waals surface area contributed by atoms with E-state index in [0.717, 1.165) is 13.2 Å². The van der Waals surface area contributed by atoms with E-state index in [9.17, 15) is 0 Å². The third-order valence-electron chi connectivity index (χ3n) is 1.33. The molecule has 0 amide bonds. The van der Waals surface area contributed by atoms with E-state index in [1.807, 2.05) is 0 Å². The van der Waals surface area contributed by atoms with E-state index in [-0.39, 0.29) is 51.4 Å². The molecule has 0 radical (unpaired) electrons. The van der Waals surface area contributed by atoms with Gasteiger partial charge >= 0.3 is 51.4 Å². The molecule has 0 atom stereocenters. The number of rotatable bonds is 0. The van der Waals surface area contributed by atoms with Crippen molar-refractivity contribution in [3.63, 3.8) is 0 Å². The Balaban J connectivity index is 0.000000490. The molecular weight excluding hydrogens is 127 g/mol. The first-order valence-electron chi connectivity index (χ1n) is 3.08. The van der Waals surface area contributed by atoms with Gasteiger partial charge in [-0.05, 0) is 12.8 Å². The molecule has 0 spiro atoms. The molecular formula is C6H13KO. The van der Waals surface area contributed by atoms with Gasteiger partial charge in [-0.15, -0.1) is 0 Å². The second kappa shape index (κ2) is 6.71. The molecule has 0 aromatic rings. The van der Waals surface area contributed by atoms with Crippen LogP contribution in [-0.4, -0.2) is 64.6 Å². The second-order valence-corrected chi connectivity index (χ2v) is 2.03. The summed E-state index contributed by atoms with van der Waals surface area (Å²) < 4.78 is 5.19. The molecule has 0 saturated carbocycles. The van der Waals surface area contributed by atoms with Gasteiger partial charge in [-0.3, -0.25) is 0 Å². The van der Waals surface area contributed by atoms with Crippen molar-refractivity contribution in [3.8, 4) is 0 Å². The minimum absolute atomic E-state index is 0. The van der Waals surface area contributed by atoms with Crippen LogP contribution in [0.5, 0.6) is 0 Å². The van der Waals surface area contributed by atoms with E-state index in [2.05, 4.69) is 0 Å². The molecule has 1 fully saturated rings. The van der Waals surface area contributed by atoms with Crippen molar-refractivity contribution in [3.05, 3.63) is 0 Å². The second-order valence-electron chi connectivity index (χ2n) is 2.03. The Kier molecular flexibility index (Phi) is 8.05. The summed E-state index contributed by atoms with van der Waals surface area (Å²) in [6.45, 7) is 2.00. The topological polar surface area (TPSA) is 9.23 Å². The van der Waals surface area contributed by atoms with Crippen LogP contribution in [0.1, 0.15) is 25.7 Å². The van der Waals surface area contributed by atoms with Crippen molar-refractivity contribution in [2.75, 3.05) is 13.2 Å². The molecule has 0 bridgehead atoms. The van der Waals surface area contributed by atoms with Gasteiger partial charge in [0.2, 0.25) is 0 Å². The summed E-state index contributed by atoms with van der Waals surface area (Å²) in [4.78, 5) is 0. The maximum absolute atomic E-state index is 5.19. The van der Waals surface area contributed by atoms with Crippen molar-refractivity contribution in [1.82, 2.24) is 0 Å². The van der Waals surface area contributed by atoms with Gasteiger partial charge in [0.05, 0.1) is 0 Å². The van der Waals surface area contributed by atoms with Crippen LogP contribution in [0.4, 0.5) is 0 Å². The van der Waals surface area contributed by atoms with E-state index in [1.165, 1.54) is 25.7 Å². The zero-order chi connectivity index (χ0) is 4.95. The Morgan fingerprint density at radius 2 is 1.25 bits per heavy atom. The predicted octanol–water partition coefficient (Wildman–Crippen LogP) is 0.928. The average molecular weight is 140 g/mol. The summed E-state index contributed by atoms with van der Waals surface area (Å²) in [5, 5.41) is 0. The Morgan fingerprint density at radius 3 is 1.75 bits per heavy atom. The first-order chi connectivity index (χ1) is 3.50. The summed E-state index contributed by atoms with van der Waals surface area (Å²) in [7, 11) is 0.